The van der Waals surface area contributed by atoms with Crippen LogP contribution in [0.4, 0.5) is 0 Å². The third-order valence-electron chi connectivity index (χ3n) is 5.22. The normalized spacial score (nSPS) is 13.9. The van der Waals surface area contributed by atoms with Crippen molar-refractivity contribution < 1.29 is 9.90 Å². The Kier molecular flexibility index (Phi) is 5.40. The van der Waals surface area contributed by atoms with E-state index in [9.17, 15) is 9.90 Å². The average Bonchev–Trinajstić information content (AvgIpc) is 3.14. The summed E-state index contributed by atoms with van der Waals surface area (Å²) < 4.78 is 0. The molecule has 28 heavy (non-hydrogen) atoms. The first-order valence-electron chi connectivity index (χ1n) is 9.76. The number of piperidine rings is 1. The molecule has 0 spiro atoms. The lowest BCUT2D eigenvalue weighted by atomic mass is 10.0. The lowest BCUT2D eigenvalue weighted by Crippen LogP contribution is -2.21. The number of hydrogen-bond donors (Lipinski definition) is 3. The number of fused-ring (bicyclic) bond motifs is 3. The van der Waals surface area contributed by atoms with E-state index in [2.05, 4.69) is 22.4 Å². The topological polar surface area (TPSA) is 65.1 Å². The lowest BCUT2D eigenvalue weighted by Gasteiger charge is -2.08. The van der Waals surface area contributed by atoms with Crippen molar-refractivity contribution >= 4 is 28.1 Å². The number of aromatic hydroxyl groups is 1. The molecule has 0 aliphatic carbocycles. The maximum Gasteiger partial charge on any atom is 0.153 e. The van der Waals surface area contributed by atoms with Crippen LogP contribution in [-0.2, 0) is 0 Å². The molecule has 1 aromatic heterocycles. The Balaban J connectivity index is 0.000000275. The van der Waals surface area contributed by atoms with Crippen molar-refractivity contribution in [3.05, 3.63) is 66.2 Å². The summed E-state index contributed by atoms with van der Waals surface area (Å²) in [6, 6.07) is 19.4. The number of aromatic nitrogens is 1. The van der Waals surface area contributed by atoms with Gasteiger partial charge in [-0.05, 0) is 49.7 Å². The van der Waals surface area contributed by atoms with Crippen LogP contribution in [0, 0.1) is 0 Å². The molecule has 5 rings (SSSR count). The Hall–Kier alpha value is -3.11. The minimum atomic E-state index is 0.000569. The number of benzene rings is 3. The van der Waals surface area contributed by atoms with Gasteiger partial charge in [0.15, 0.2) is 6.29 Å². The molecule has 0 unspecified atom stereocenters. The monoisotopic (exact) mass is 372 g/mol. The number of H-pyrrole nitrogens is 1. The van der Waals surface area contributed by atoms with E-state index in [1.165, 1.54) is 37.7 Å². The van der Waals surface area contributed by atoms with Crippen molar-refractivity contribution in [2.75, 3.05) is 13.1 Å². The van der Waals surface area contributed by atoms with Gasteiger partial charge in [0, 0.05) is 21.9 Å². The molecule has 4 heteroatoms. The van der Waals surface area contributed by atoms with E-state index in [1.54, 1.807) is 12.1 Å². The zero-order valence-corrected chi connectivity index (χ0v) is 15.7. The number of phenols is 1. The molecule has 0 bridgehead atoms. The molecule has 4 nitrogen and oxygen atoms in total. The van der Waals surface area contributed by atoms with Crippen LogP contribution >= 0.6 is 0 Å². The summed E-state index contributed by atoms with van der Waals surface area (Å²) in [4.78, 5) is 14.3. The van der Waals surface area contributed by atoms with E-state index in [0.29, 0.717) is 11.8 Å². The number of nitrogens with one attached hydrogen (secondary N) is 2. The van der Waals surface area contributed by atoms with Crippen LogP contribution in [0.25, 0.3) is 32.9 Å². The molecule has 4 aromatic rings. The summed E-state index contributed by atoms with van der Waals surface area (Å²) in [6.45, 7) is 2.50. The number of phenolic OH excluding ortho intramolecular Hbond substituents is 1. The molecular formula is C24H24N2O2. The minimum Gasteiger partial charge on any atom is -0.507 e. The van der Waals surface area contributed by atoms with E-state index >= 15 is 0 Å². The highest BCUT2D eigenvalue weighted by Crippen LogP contribution is 2.34. The number of hydrogen-bond acceptors (Lipinski definition) is 3. The van der Waals surface area contributed by atoms with Crippen molar-refractivity contribution in [3.8, 4) is 16.9 Å². The van der Waals surface area contributed by atoms with Gasteiger partial charge in [-0.15, -0.1) is 0 Å². The molecular weight excluding hydrogens is 348 g/mol. The number of para-hydroxylation sites is 2. The van der Waals surface area contributed by atoms with Gasteiger partial charge in [0.25, 0.3) is 0 Å². The summed E-state index contributed by atoms with van der Waals surface area (Å²) in [5.74, 6) is 0.000569. The van der Waals surface area contributed by atoms with Gasteiger partial charge >= 0.3 is 0 Å². The SMILES string of the molecule is C1CCNCC1.O=Cc1ccc(-c2cccc3c2[nH]c2ccccc23)cc1O. The van der Waals surface area contributed by atoms with Gasteiger partial charge in [0.1, 0.15) is 5.75 Å². The molecule has 0 radical (unpaired) electrons. The Bertz CT molecular complexity index is 1100. The van der Waals surface area contributed by atoms with Gasteiger partial charge < -0.3 is 15.4 Å². The third kappa shape index (κ3) is 3.64. The number of rotatable bonds is 2. The molecule has 1 aliphatic heterocycles. The number of aromatic amines is 1. The standard InChI is InChI=1S/C19H13NO2.C5H11N/c21-11-13-9-8-12(10-18(13)22)14-5-3-6-16-15-4-1-2-7-17(15)20-19(14)16;1-2-4-6-5-3-1/h1-11,20,22H;6H,1-5H2. The Morgan fingerprint density at radius 2 is 1.64 bits per heavy atom. The summed E-state index contributed by atoms with van der Waals surface area (Å²) in [6.07, 6.45) is 4.87. The van der Waals surface area contributed by atoms with Crippen LogP contribution in [0.5, 0.6) is 5.75 Å². The zero-order chi connectivity index (χ0) is 19.3. The fourth-order valence-corrected chi connectivity index (χ4v) is 3.73. The van der Waals surface area contributed by atoms with Gasteiger partial charge in [-0.25, -0.2) is 0 Å². The van der Waals surface area contributed by atoms with Crippen molar-refractivity contribution in [1.29, 1.82) is 0 Å². The van der Waals surface area contributed by atoms with Crippen molar-refractivity contribution in [2.45, 2.75) is 19.3 Å². The molecule has 3 aromatic carbocycles. The van der Waals surface area contributed by atoms with Crippen molar-refractivity contribution in [2.24, 2.45) is 0 Å². The highest BCUT2D eigenvalue weighted by Gasteiger charge is 2.10. The fraction of sp³-hybridized carbons (Fsp3) is 0.208. The largest absolute Gasteiger partial charge is 0.507 e. The smallest absolute Gasteiger partial charge is 0.153 e. The van der Waals surface area contributed by atoms with Gasteiger partial charge in [-0.2, -0.15) is 0 Å². The van der Waals surface area contributed by atoms with Gasteiger partial charge in [-0.3, -0.25) is 4.79 Å². The second-order valence-electron chi connectivity index (χ2n) is 7.10. The molecule has 0 atom stereocenters. The fourth-order valence-electron chi connectivity index (χ4n) is 3.73. The predicted octanol–water partition coefficient (Wildman–Crippen LogP) is 5.27. The van der Waals surface area contributed by atoms with E-state index < -0.39 is 0 Å². The lowest BCUT2D eigenvalue weighted by molar-refractivity contribution is 0.112. The molecule has 0 saturated carbocycles. The van der Waals surface area contributed by atoms with E-state index in [0.717, 1.165) is 27.5 Å². The van der Waals surface area contributed by atoms with Gasteiger partial charge in [0.2, 0.25) is 0 Å². The average molecular weight is 372 g/mol. The van der Waals surface area contributed by atoms with Crippen LogP contribution in [0.2, 0.25) is 0 Å². The summed E-state index contributed by atoms with van der Waals surface area (Å²) in [7, 11) is 0. The van der Waals surface area contributed by atoms with Crippen LogP contribution < -0.4 is 5.32 Å². The Morgan fingerprint density at radius 1 is 0.857 bits per heavy atom. The van der Waals surface area contributed by atoms with Crippen molar-refractivity contribution in [3.63, 3.8) is 0 Å². The first kappa shape index (κ1) is 18.3. The number of carbonyl (C=O) groups excluding carboxylic acids is 1. The highest BCUT2D eigenvalue weighted by atomic mass is 16.3. The Labute approximate surface area is 164 Å². The first-order valence-corrected chi connectivity index (χ1v) is 9.76. The number of aldehydes is 1. The highest BCUT2D eigenvalue weighted by molar-refractivity contribution is 6.11. The minimum absolute atomic E-state index is 0.000569. The van der Waals surface area contributed by atoms with Gasteiger partial charge in [0.05, 0.1) is 11.1 Å². The molecule has 142 valence electrons. The third-order valence-corrected chi connectivity index (χ3v) is 5.22. The van der Waals surface area contributed by atoms with E-state index in [-0.39, 0.29) is 5.75 Å². The Morgan fingerprint density at radius 3 is 2.32 bits per heavy atom. The van der Waals surface area contributed by atoms with E-state index in [4.69, 9.17) is 0 Å². The van der Waals surface area contributed by atoms with Crippen LogP contribution in [0.1, 0.15) is 29.6 Å². The van der Waals surface area contributed by atoms with Crippen molar-refractivity contribution in [1.82, 2.24) is 10.3 Å². The molecule has 0 amide bonds. The summed E-state index contributed by atoms with van der Waals surface area (Å²) in [5.41, 5.74) is 4.29. The zero-order valence-electron chi connectivity index (χ0n) is 15.7. The molecule has 2 heterocycles. The van der Waals surface area contributed by atoms with Crippen LogP contribution in [-0.4, -0.2) is 29.5 Å². The second kappa shape index (κ2) is 8.28. The maximum atomic E-state index is 10.8. The molecule has 1 saturated heterocycles. The molecule has 1 aliphatic rings. The molecule has 1 fully saturated rings. The first-order chi connectivity index (χ1) is 13.8. The summed E-state index contributed by atoms with van der Waals surface area (Å²) >= 11 is 0. The van der Waals surface area contributed by atoms with Gasteiger partial charge in [-0.1, -0.05) is 48.9 Å². The quantitative estimate of drug-likeness (QED) is 0.420. The van der Waals surface area contributed by atoms with E-state index in [1.807, 2.05) is 36.4 Å². The maximum absolute atomic E-state index is 10.8. The molecule has 3 N–H and O–H groups in total. The van der Waals surface area contributed by atoms with Crippen LogP contribution in [0.15, 0.2) is 60.7 Å². The predicted molar refractivity (Wildman–Crippen MR) is 115 cm³/mol. The van der Waals surface area contributed by atoms with Crippen LogP contribution in [0.3, 0.4) is 0 Å². The second-order valence-corrected chi connectivity index (χ2v) is 7.10. The summed E-state index contributed by atoms with van der Waals surface area (Å²) in [5, 5.41) is 15.5. The number of carbonyl (C=O) groups is 1.